The van der Waals surface area contributed by atoms with Crippen LogP contribution in [0.4, 0.5) is 5.82 Å². The van der Waals surface area contributed by atoms with Gasteiger partial charge in [0, 0.05) is 0 Å². The molecule has 18 heavy (non-hydrogen) atoms. The molecule has 0 bridgehead atoms. The van der Waals surface area contributed by atoms with E-state index >= 15 is 0 Å². The summed E-state index contributed by atoms with van der Waals surface area (Å²) in [7, 11) is 0. The van der Waals surface area contributed by atoms with Gasteiger partial charge in [0.25, 0.3) is 0 Å². The number of hydrogen-bond acceptors (Lipinski definition) is 5. The number of hydrogen-bond donors (Lipinski definition) is 1. The average molecular weight is 308 g/mol. The molecule has 2 N–H and O–H groups in total. The maximum absolute atomic E-state index is 5.86. The van der Waals surface area contributed by atoms with E-state index in [2.05, 4.69) is 31.0 Å². The van der Waals surface area contributed by atoms with Crippen molar-refractivity contribution in [3.8, 4) is 11.6 Å². The molecule has 0 saturated carbocycles. The molecule has 0 atom stereocenters. The lowest BCUT2D eigenvalue weighted by molar-refractivity contribution is 0.541. The molecule has 3 rings (SSSR count). The molecule has 0 aromatic carbocycles. The van der Waals surface area contributed by atoms with E-state index in [1.54, 1.807) is 4.52 Å². The summed E-state index contributed by atoms with van der Waals surface area (Å²) in [6, 6.07) is 3.70. The molecule has 3 heterocycles. The first-order chi connectivity index (χ1) is 8.56. The Morgan fingerprint density at radius 3 is 2.72 bits per heavy atom. The summed E-state index contributed by atoms with van der Waals surface area (Å²) in [5.41, 5.74) is 6.49. The van der Waals surface area contributed by atoms with E-state index in [4.69, 9.17) is 10.2 Å². The first kappa shape index (κ1) is 11.2. The van der Waals surface area contributed by atoms with E-state index in [-0.39, 0.29) is 0 Å². The Labute approximate surface area is 111 Å². The Morgan fingerprint density at radius 2 is 2.06 bits per heavy atom. The van der Waals surface area contributed by atoms with Crippen LogP contribution < -0.4 is 5.73 Å². The molecule has 0 amide bonds. The van der Waals surface area contributed by atoms with Crippen LogP contribution >= 0.6 is 15.9 Å². The third-order valence-corrected chi connectivity index (χ3v) is 3.28. The molecule has 3 aromatic rings. The van der Waals surface area contributed by atoms with Gasteiger partial charge in [0.1, 0.15) is 21.9 Å². The smallest absolute Gasteiger partial charge is 0.201 e. The van der Waals surface area contributed by atoms with Crippen molar-refractivity contribution in [3.63, 3.8) is 0 Å². The third-order valence-electron chi connectivity index (χ3n) is 2.52. The molecule has 0 aliphatic carbocycles. The van der Waals surface area contributed by atoms with Crippen LogP contribution in [0.5, 0.6) is 0 Å². The van der Waals surface area contributed by atoms with Crippen molar-refractivity contribution in [2.24, 2.45) is 0 Å². The Balaban J connectivity index is 2.38. The fraction of sp³-hybridized carbons (Fsp3) is 0.182. The summed E-state index contributed by atoms with van der Waals surface area (Å²) in [6.45, 7) is 3.68. The summed E-state index contributed by atoms with van der Waals surface area (Å²) >= 11 is 3.36. The van der Waals surface area contributed by atoms with E-state index < -0.39 is 0 Å². The van der Waals surface area contributed by atoms with Crippen LogP contribution in [-0.4, -0.2) is 19.6 Å². The first-order valence-electron chi connectivity index (χ1n) is 5.31. The summed E-state index contributed by atoms with van der Waals surface area (Å²) in [5.74, 6) is 2.96. The Hall–Kier alpha value is -1.89. The minimum absolute atomic E-state index is 0.360. The molecule has 0 saturated heterocycles. The van der Waals surface area contributed by atoms with Crippen molar-refractivity contribution in [1.82, 2.24) is 19.6 Å². The quantitative estimate of drug-likeness (QED) is 0.746. The largest absolute Gasteiger partial charge is 0.458 e. The lowest BCUT2D eigenvalue weighted by Gasteiger charge is -2.04. The molecule has 0 spiro atoms. The Bertz CT molecular complexity index is 745. The SMILES string of the molecule is Cc1nc2c(Br)c(N)nc(-c3ccc(C)o3)n2n1. The lowest BCUT2D eigenvalue weighted by Crippen LogP contribution is -2.02. The highest BCUT2D eigenvalue weighted by Crippen LogP contribution is 2.28. The van der Waals surface area contributed by atoms with Gasteiger partial charge in [-0.2, -0.15) is 4.52 Å². The monoisotopic (exact) mass is 307 g/mol. The molecule has 0 radical (unpaired) electrons. The fourth-order valence-corrected chi connectivity index (χ4v) is 2.09. The van der Waals surface area contributed by atoms with E-state index in [9.17, 15) is 0 Å². The number of aryl methyl sites for hydroxylation is 2. The molecule has 92 valence electrons. The number of furan rings is 1. The second-order valence-corrected chi connectivity index (χ2v) is 4.73. The zero-order valence-electron chi connectivity index (χ0n) is 9.81. The topological polar surface area (TPSA) is 82.2 Å². The summed E-state index contributed by atoms with van der Waals surface area (Å²) in [6.07, 6.45) is 0. The van der Waals surface area contributed by atoms with Crippen molar-refractivity contribution in [3.05, 3.63) is 28.2 Å². The zero-order chi connectivity index (χ0) is 12.9. The van der Waals surface area contributed by atoms with E-state index in [1.807, 2.05) is 26.0 Å². The summed E-state index contributed by atoms with van der Waals surface area (Å²) in [5, 5.41) is 4.30. The van der Waals surface area contributed by atoms with Gasteiger partial charge in [-0.1, -0.05) is 0 Å². The normalized spacial score (nSPS) is 11.3. The van der Waals surface area contributed by atoms with Gasteiger partial charge in [0.05, 0.1) is 0 Å². The number of nitrogens with two attached hydrogens (primary N) is 1. The predicted octanol–water partition coefficient (Wildman–Crippen LogP) is 2.35. The zero-order valence-corrected chi connectivity index (χ0v) is 11.4. The molecular formula is C11H10BrN5O. The summed E-state index contributed by atoms with van der Waals surface area (Å²) < 4.78 is 7.81. The number of anilines is 1. The Morgan fingerprint density at radius 1 is 1.28 bits per heavy atom. The van der Waals surface area contributed by atoms with Crippen molar-refractivity contribution < 1.29 is 4.42 Å². The molecule has 0 fully saturated rings. The van der Waals surface area contributed by atoms with E-state index in [0.29, 0.717) is 33.3 Å². The van der Waals surface area contributed by atoms with Crippen molar-refractivity contribution in [1.29, 1.82) is 0 Å². The van der Waals surface area contributed by atoms with Gasteiger partial charge in [-0.05, 0) is 41.9 Å². The second kappa shape index (κ2) is 3.81. The minimum Gasteiger partial charge on any atom is -0.458 e. The highest BCUT2D eigenvalue weighted by Gasteiger charge is 2.17. The molecular weight excluding hydrogens is 298 g/mol. The summed E-state index contributed by atoms with van der Waals surface area (Å²) in [4.78, 5) is 8.61. The van der Waals surface area contributed by atoms with Crippen LogP contribution in [0.15, 0.2) is 21.0 Å². The molecule has 7 heteroatoms. The molecule has 0 aliphatic heterocycles. The van der Waals surface area contributed by atoms with Gasteiger partial charge in [-0.3, -0.25) is 0 Å². The third kappa shape index (κ3) is 1.59. The number of rotatable bonds is 1. The van der Waals surface area contributed by atoms with Crippen LogP contribution in [0, 0.1) is 13.8 Å². The van der Waals surface area contributed by atoms with Crippen molar-refractivity contribution >= 4 is 27.4 Å². The van der Waals surface area contributed by atoms with Gasteiger partial charge in [0.15, 0.2) is 11.4 Å². The number of nitrogen functional groups attached to an aromatic ring is 1. The highest BCUT2D eigenvalue weighted by atomic mass is 79.9. The van der Waals surface area contributed by atoms with Crippen LogP contribution in [0.1, 0.15) is 11.6 Å². The van der Waals surface area contributed by atoms with Gasteiger partial charge >= 0.3 is 0 Å². The molecule has 3 aromatic heterocycles. The standard InChI is InChI=1S/C11H10BrN5O/c1-5-3-4-7(18-5)10-15-9(13)8(12)11-14-6(2)16-17(10)11/h3-4H,13H2,1-2H3. The van der Waals surface area contributed by atoms with Crippen LogP contribution in [0.2, 0.25) is 0 Å². The maximum Gasteiger partial charge on any atom is 0.201 e. The number of fused-ring (bicyclic) bond motifs is 1. The number of halogens is 1. The lowest BCUT2D eigenvalue weighted by atomic mass is 10.4. The molecule has 0 aliphatic rings. The van der Waals surface area contributed by atoms with E-state index in [0.717, 1.165) is 5.76 Å². The minimum atomic E-state index is 0.360. The Kier molecular flexibility index (Phi) is 2.37. The van der Waals surface area contributed by atoms with Gasteiger partial charge in [0.2, 0.25) is 5.82 Å². The molecule has 6 nitrogen and oxygen atoms in total. The second-order valence-electron chi connectivity index (χ2n) is 3.94. The van der Waals surface area contributed by atoms with Crippen LogP contribution in [0.25, 0.3) is 17.2 Å². The number of nitrogens with zero attached hydrogens (tertiary/aromatic N) is 4. The molecule has 0 unspecified atom stereocenters. The van der Waals surface area contributed by atoms with Crippen LogP contribution in [-0.2, 0) is 0 Å². The van der Waals surface area contributed by atoms with Crippen molar-refractivity contribution in [2.75, 3.05) is 5.73 Å². The van der Waals surface area contributed by atoms with Gasteiger partial charge in [-0.15, -0.1) is 5.10 Å². The maximum atomic E-state index is 5.86. The van der Waals surface area contributed by atoms with E-state index in [1.165, 1.54) is 0 Å². The van der Waals surface area contributed by atoms with Gasteiger partial charge < -0.3 is 10.2 Å². The highest BCUT2D eigenvalue weighted by molar-refractivity contribution is 9.10. The number of aromatic nitrogens is 4. The van der Waals surface area contributed by atoms with Crippen LogP contribution in [0.3, 0.4) is 0 Å². The fourth-order valence-electron chi connectivity index (χ4n) is 1.74. The average Bonchev–Trinajstić information content (AvgIpc) is 2.90. The van der Waals surface area contributed by atoms with Crippen molar-refractivity contribution in [2.45, 2.75) is 13.8 Å². The predicted molar refractivity (Wildman–Crippen MR) is 70.1 cm³/mol. The first-order valence-corrected chi connectivity index (χ1v) is 6.10. The van der Waals surface area contributed by atoms with Gasteiger partial charge in [-0.25, -0.2) is 9.97 Å².